The number of amides is 1. The van der Waals surface area contributed by atoms with Crippen LogP contribution in [-0.4, -0.2) is 33.8 Å². The number of carboxylic acids is 1. The molecule has 1 heterocycles. The first-order valence-electron chi connectivity index (χ1n) is 5.03. The highest BCUT2D eigenvalue weighted by Gasteiger charge is 2.18. The van der Waals surface area contributed by atoms with E-state index in [0.717, 1.165) is 0 Å². The van der Waals surface area contributed by atoms with Crippen LogP contribution in [0, 0.1) is 11.3 Å². The molecular weight excluding hydrogens is 254 g/mol. The molecule has 0 aliphatic carbocycles. The lowest BCUT2D eigenvalue weighted by Gasteiger charge is -2.12. The van der Waals surface area contributed by atoms with Gasteiger partial charge in [0.25, 0.3) is 0 Å². The maximum atomic E-state index is 10.9. The number of pyridine rings is 1. The second-order valence-electron chi connectivity index (χ2n) is 3.38. The summed E-state index contributed by atoms with van der Waals surface area (Å²) in [6.45, 7) is 1.26. The van der Waals surface area contributed by atoms with Crippen molar-refractivity contribution in [1.82, 2.24) is 10.3 Å². The smallest absolute Gasteiger partial charge is 0.327 e. The van der Waals surface area contributed by atoms with E-state index in [9.17, 15) is 9.59 Å². The highest BCUT2D eigenvalue weighted by molar-refractivity contribution is 7.99. The fourth-order valence-electron chi connectivity index (χ4n) is 1.15. The van der Waals surface area contributed by atoms with Crippen molar-refractivity contribution in [2.75, 3.05) is 5.75 Å². The summed E-state index contributed by atoms with van der Waals surface area (Å²) >= 11 is 1.17. The van der Waals surface area contributed by atoms with Crippen LogP contribution in [-0.2, 0) is 9.59 Å². The molecule has 0 bridgehead atoms. The van der Waals surface area contributed by atoms with E-state index >= 15 is 0 Å². The minimum absolute atomic E-state index is 0.150. The Labute approximate surface area is 108 Å². The summed E-state index contributed by atoms with van der Waals surface area (Å²) in [5.74, 6) is -1.35. The van der Waals surface area contributed by atoms with Gasteiger partial charge in [0.05, 0.1) is 5.03 Å². The Bertz CT molecular complexity index is 499. The van der Waals surface area contributed by atoms with Crippen molar-refractivity contribution >= 4 is 23.6 Å². The van der Waals surface area contributed by atoms with Gasteiger partial charge in [-0.05, 0) is 12.1 Å². The largest absolute Gasteiger partial charge is 0.480 e. The van der Waals surface area contributed by atoms with Crippen LogP contribution in [0.25, 0.3) is 0 Å². The molecule has 0 aliphatic heterocycles. The van der Waals surface area contributed by atoms with Gasteiger partial charge in [0.15, 0.2) is 0 Å². The van der Waals surface area contributed by atoms with Crippen LogP contribution < -0.4 is 5.32 Å². The SMILES string of the molecule is CC(=O)NC(CSc1cccc(C#N)n1)C(=O)O. The van der Waals surface area contributed by atoms with Gasteiger partial charge in [-0.2, -0.15) is 5.26 Å². The van der Waals surface area contributed by atoms with E-state index in [1.165, 1.54) is 18.7 Å². The van der Waals surface area contributed by atoms with Crippen LogP contribution in [0.1, 0.15) is 12.6 Å². The Kier molecular flexibility index (Phi) is 5.14. The van der Waals surface area contributed by atoms with E-state index in [0.29, 0.717) is 5.03 Å². The van der Waals surface area contributed by atoms with Gasteiger partial charge in [-0.1, -0.05) is 6.07 Å². The summed E-state index contributed by atoms with van der Waals surface area (Å²) in [6.07, 6.45) is 0. The molecule has 1 unspecified atom stereocenters. The number of carbonyl (C=O) groups is 2. The number of nitrogens with one attached hydrogen (secondary N) is 1. The van der Waals surface area contributed by atoms with Gasteiger partial charge in [0.1, 0.15) is 17.8 Å². The predicted molar refractivity (Wildman–Crippen MR) is 64.9 cm³/mol. The fourth-order valence-corrected chi connectivity index (χ4v) is 2.05. The van der Waals surface area contributed by atoms with Gasteiger partial charge >= 0.3 is 5.97 Å². The number of carbonyl (C=O) groups excluding carboxylic acids is 1. The average molecular weight is 265 g/mol. The third-order valence-electron chi connectivity index (χ3n) is 1.91. The van der Waals surface area contributed by atoms with Crippen molar-refractivity contribution in [3.8, 4) is 6.07 Å². The Balaban J connectivity index is 2.64. The van der Waals surface area contributed by atoms with E-state index in [2.05, 4.69) is 10.3 Å². The van der Waals surface area contributed by atoms with Crippen LogP contribution >= 0.6 is 11.8 Å². The van der Waals surface area contributed by atoms with Crippen LogP contribution in [0.3, 0.4) is 0 Å². The molecule has 0 aliphatic rings. The third kappa shape index (κ3) is 4.43. The minimum atomic E-state index is -1.10. The van der Waals surface area contributed by atoms with Crippen molar-refractivity contribution in [3.63, 3.8) is 0 Å². The summed E-state index contributed by atoms with van der Waals surface area (Å²) in [6, 6.07) is 5.84. The molecule has 0 fully saturated rings. The fraction of sp³-hybridized carbons (Fsp3) is 0.273. The molecule has 1 aromatic heterocycles. The molecule has 1 atom stereocenters. The molecule has 0 spiro atoms. The highest BCUT2D eigenvalue weighted by Crippen LogP contribution is 2.16. The predicted octanol–water partition coefficient (Wildman–Crippen LogP) is 0.635. The number of nitrogens with zero attached hydrogens (tertiary/aromatic N) is 2. The zero-order chi connectivity index (χ0) is 13.5. The molecule has 0 saturated heterocycles. The lowest BCUT2D eigenvalue weighted by atomic mass is 10.3. The first-order chi connectivity index (χ1) is 8.52. The van der Waals surface area contributed by atoms with E-state index < -0.39 is 17.9 Å². The van der Waals surface area contributed by atoms with Crippen LogP contribution in [0.15, 0.2) is 23.2 Å². The number of hydrogen-bond acceptors (Lipinski definition) is 5. The summed E-state index contributed by atoms with van der Waals surface area (Å²) in [7, 11) is 0. The molecular formula is C11H11N3O3S. The normalized spacial score (nSPS) is 11.3. The van der Waals surface area contributed by atoms with E-state index in [1.54, 1.807) is 18.2 Å². The number of nitriles is 1. The molecule has 1 rings (SSSR count). The molecule has 94 valence electrons. The summed E-state index contributed by atoms with van der Waals surface area (Å²) in [5.41, 5.74) is 0.270. The zero-order valence-electron chi connectivity index (χ0n) is 9.58. The van der Waals surface area contributed by atoms with E-state index in [4.69, 9.17) is 10.4 Å². The van der Waals surface area contributed by atoms with Crippen molar-refractivity contribution in [3.05, 3.63) is 23.9 Å². The maximum Gasteiger partial charge on any atom is 0.327 e. The first-order valence-corrected chi connectivity index (χ1v) is 6.01. The molecule has 1 aromatic rings. The average Bonchev–Trinajstić information content (AvgIpc) is 2.34. The third-order valence-corrected chi connectivity index (χ3v) is 2.93. The Hall–Kier alpha value is -2.07. The lowest BCUT2D eigenvalue weighted by Crippen LogP contribution is -2.41. The number of thioether (sulfide) groups is 1. The quantitative estimate of drug-likeness (QED) is 0.757. The van der Waals surface area contributed by atoms with Crippen LogP contribution in [0.4, 0.5) is 0 Å². The van der Waals surface area contributed by atoms with Gasteiger partial charge in [0, 0.05) is 12.7 Å². The Morgan fingerprint density at radius 1 is 1.61 bits per heavy atom. The zero-order valence-corrected chi connectivity index (χ0v) is 10.4. The molecule has 0 radical (unpaired) electrons. The molecule has 0 aromatic carbocycles. The van der Waals surface area contributed by atoms with Gasteiger partial charge in [-0.25, -0.2) is 9.78 Å². The first kappa shape index (κ1) is 14.0. The number of carboxylic acid groups (broad SMARTS) is 1. The van der Waals surface area contributed by atoms with E-state index in [-0.39, 0.29) is 11.4 Å². The van der Waals surface area contributed by atoms with Gasteiger partial charge in [-0.3, -0.25) is 4.79 Å². The monoisotopic (exact) mass is 265 g/mol. The van der Waals surface area contributed by atoms with Gasteiger partial charge in [-0.15, -0.1) is 11.8 Å². The molecule has 7 heteroatoms. The summed E-state index contributed by atoms with van der Waals surface area (Å²) in [4.78, 5) is 25.7. The minimum Gasteiger partial charge on any atom is -0.480 e. The maximum absolute atomic E-state index is 10.9. The van der Waals surface area contributed by atoms with Crippen molar-refractivity contribution in [2.45, 2.75) is 18.0 Å². The van der Waals surface area contributed by atoms with E-state index in [1.807, 2.05) is 6.07 Å². The summed E-state index contributed by atoms with van der Waals surface area (Å²) in [5, 5.41) is 20.4. The van der Waals surface area contributed by atoms with Gasteiger partial charge < -0.3 is 10.4 Å². The van der Waals surface area contributed by atoms with Crippen molar-refractivity contribution in [1.29, 1.82) is 5.26 Å². The number of hydrogen-bond donors (Lipinski definition) is 2. The molecule has 1 amide bonds. The van der Waals surface area contributed by atoms with Crippen LogP contribution in [0.2, 0.25) is 0 Å². The topological polar surface area (TPSA) is 103 Å². The molecule has 0 saturated carbocycles. The second kappa shape index (κ2) is 6.61. The summed E-state index contributed by atoms with van der Waals surface area (Å²) < 4.78 is 0. The number of aromatic nitrogens is 1. The molecule has 6 nitrogen and oxygen atoms in total. The Morgan fingerprint density at radius 2 is 2.33 bits per heavy atom. The lowest BCUT2D eigenvalue weighted by molar-refractivity contribution is -0.140. The Morgan fingerprint density at radius 3 is 2.89 bits per heavy atom. The van der Waals surface area contributed by atoms with Crippen molar-refractivity contribution < 1.29 is 14.7 Å². The van der Waals surface area contributed by atoms with Crippen LogP contribution in [0.5, 0.6) is 0 Å². The highest BCUT2D eigenvalue weighted by atomic mass is 32.2. The number of aliphatic carboxylic acids is 1. The van der Waals surface area contributed by atoms with Gasteiger partial charge in [0.2, 0.25) is 5.91 Å². The second-order valence-corrected chi connectivity index (χ2v) is 4.42. The molecule has 18 heavy (non-hydrogen) atoms. The number of rotatable bonds is 5. The molecule has 2 N–H and O–H groups in total. The van der Waals surface area contributed by atoms with Crippen molar-refractivity contribution in [2.24, 2.45) is 0 Å². The standard InChI is InChI=1S/C11H11N3O3S/c1-7(15)13-9(11(16)17)6-18-10-4-2-3-8(5-12)14-10/h2-4,9H,6H2,1H3,(H,13,15)(H,16,17).